The Labute approximate surface area is 91.4 Å². The highest BCUT2D eigenvalue weighted by atomic mass is 16.5. The molecule has 0 unspecified atom stereocenters. The third kappa shape index (κ3) is 3.64. The van der Waals surface area contributed by atoms with Gasteiger partial charge >= 0.3 is 0 Å². The van der Waals surface area contributed by atoms with Gasteiger partial charge in [0.2, 0.25) is 0 Å². The van der Waals surface area contributed by atoms with Crippen LogP contribution < -0.4 is 5.73 Å². The molecule has 0 fully saturated rings. The first kappa shape index (κ1) is 12.2. The fourth-order valence-electron chi connectivity index (χ4n) is 1.41. The van der Waals surface area contributed by atoms with Gasteiger partial charge in [-0.05, 0) is 13.3 Å². The van der Waals surface area contributed by atoms with Crippen molar-refractivity contribution in [1.82, 2.24) is 9.78 Å². The summed E-state index contributed by atoms with van der Waals surface area (Å²) in [6, 6.07) is 0. The van der Waals surface area contributed by atoms with E-state index >= 15 is 0 Å². The fourth-order valence-corrected chi connectivity index (χ4v) is 1.41. The van der Waals surface area contributed by atoms with E-state index in [9.17, 15) is 0 Å². The van der Waals surface area contributed by atoms with Crippen LogP contribution in [0.1, 0.15) is 31.0 Å². The molecule has 0 aromatic carbocycles. The predicted molar refractivity (Wildman–Crippen MR) is 60.6 cm³/mol. The highest BCUT2D eigenvalue weighted by Gasteiger charge is 2.03. The SMILES string of the molecule is CCCCOCCn1ncc(CN)c1C. The standard InChI is InChI=1S/C11H21N3O/c1-3-4-6-15-7-5-14-10(2)11(8-12)9-13-14/h9H,3-8,12H2,1-2H3. The van der Waals surface area contributed by atoms with E-state index in [0.717, 1.165) is 37.4 Å². The largest absolute Gasteiger partial charge is 0.380 e. The Balaban J connectivity index is 2.28. The zero-order valence-electron chi connectivity index (χ0n) is 9.70. The van der Waals surface area contributed by atoms with Gasteiger partial charge in [-0.25, -0.2) is 0 Å². The minimum atomic E-state index is 0.558. The summed E-state index contributed by atoms with van der Waals surface area (Å²) in [7, 11) is 0. The van der Waals surface area contributed by atoms with Crippen LogP contribution in [0.4, 0.5) is 0 Å². The van der Waals surface area contributed by atoms with Crippen LogP contribution in [0.25, 0.3) is 0 Å². The molecule has 0 radical (unpaired) electrons. The summed E-state index contributed by atoms with van der Waals surface area (Å²) in [6.45, 7) is 7.15. The first-order valence-electron chi connectivity index (χ1n) is 5.58. The first-order chi connectivity index (χ1) is 7.29. The zero-order valence-corrected chi connectivity index (χ0v) is 9.70. The van der Waals surface area contributed by atoms with Crippen LogP contribution in [-0.4, -0.2) is 23.0 Å². The maximum Gasteiger partial charge on any atom is 0.0662 e. The third-order valence-electron chi connectivity index (χ3n) is 2.51. The van der Waals surface area contributed by atoms with Gasteiger partial charge in [0.25, 0.3) is 0 Å². The van der Waals surface area contributed by atoms with Crippen LogP contribution in [0.5, 0.6) is 0 Å². The summed E-state index contributed by atoms with van der Waals surface area (Å²) in [5, 5.41) is 4.26. The Kier molecular flexibility index (Phi) is 5.36. The quantitative estimate of drug-likeness (QED) is 0.695. The normalized spacial score (nSPS) is 10.9. The lowest BCUT2D eigenvalue weighted by atomic mass is 10.3. The molecule has 1 aromatic rings. The number of aromatic nitrogens is 2. The maximum atomic E-state index is 5.57. The van der Waals surface area contributed by atoms with Gasteiger partial charge in [-0.1, -0.05) is 13.3 Å². The van der Waals surface area contributed by atoms with E-state index in [1.54, 1.807) is 0 Å². The molecule has 0 aliphatic rings. The number of nitrogens with zero attached hydrogens (tertiary/aromatic N) is 2. The van der Waals surface area contributed by atoms with Crippen molar-refractivity contribution in [3.05, 3.63) is 17.5 Å². The Morgan fingerprint density at radius 2 is 2.27 bits per heavy atom. The number of nitrogens with two attached hydrogens (primary N) is 1. The minimum Gasteiger partial charge on any atom is -0.380 e. The van der Waals surface area contributed by atoms with Gasteiger partial charge in [0.1, 0.15) is 0 Å². The van der Waals surface area contributed by atoms with E-state index in [4.69, 9.17) is 10.5 Å². The van der Waals surface area contributed by atoms with Crippen molar-refractivity contribution in [3.63, 3.8) is 0 Å². The first-order valence-corrected chi connectivity index (χ1v) is 5.58. The summed E-state index contributed by atoms with van der Waals surface area (Å²) in [5.41, 5.74) is 7.84. The molecule has 0 saturated heterocycles. The van der Waals surface area contributed by atoms with E-state index in [-0.39, 0.29) is 0 Å². The lowest BCUT2D eigenvalue weighted by molar-refractivity contribution is 0.120. The topological polar surface area (TPSA) is 53.1 Å². The molecular weight excluding hydrogens is 190 g/mol. The van der Waals surface area contributed by atoms with Gasteiger partial charge in [0, 0.05) is 24.4 Å². The summed E-state index contributed by atoms with van der Waals surface area (Å²) in [4.78, 5) is 0. The van der Waals surface area contributed by atoms with Gasteiger partial charge in [-0.2, -0.15) is 5.10 Å². The monoisotopic (exact) mass is 211 g/mol. The van der Waals surface area contributed by atoms with Crippen molar-refractivity contribution >= 4 is 0 Å². The summed E-state index contributed by atoms with van der Waals surface area (Å²) in [5.74, 6) is 0. The molecule has 2 N–H and O–H groups in total. The molecule has 15 heavy (non-hydrogen) atoms. The van der Waals surface area contributed by atoms with Crippen molar-refractivity contribution in [2.24, 2.45) is 5.73 Å². The minimum absolute atomic E-state index is 0.558. The van der Waals surface area contributed by atoms with Crippen LogP contribution in [-0.2, 0) is 17.8 Å². The lowest BCUT2D eigenvalue weighted by Gasteiger charge is -2.06. The van der Waals surface area contributed by atoms with E-state index in [0.29, 0.717) is 6.54 Å². The number of unbranched alkanes of at least 4 members (excludes halogenated alkanes) is 1. The van der Waals surface area contributed by atoms with Gasteiger partial charge in [0.15, 0.2) is 0 Å². The molecule has 0 aliphatic carbocycles. The van der Waals surface area contributed by atoms with Gasteiger partial charge in [-0.3, -0.25) is 4.68 Å². The Hall–Kier alpha value is -0.870. The van der Waals surface area contributed by atoms with Gasteiger partial charge in [0.05, 0.1) is 19.3 Å². The molecule has 1 aromatic heterocycles. The second-order valence-electron chi connectivity index (χ2n) is 3.65. The number of rotatable bonds is 7. The number of ether oxygens (including phenoxy) is 1. The molecular formula is C11H21N3O. The molecule has 0 spiro atoms. The smallest absolute Gasteiger partial charge is 0.0662 e. The van der Waals surface area contributed by atoms with Crippen LogP contribution in [0.3, 0.4) is 0 Å². The molecule has 1 rings (SSSR count). The Morgan fingerprint density at radius 3 is 2.87 bits per heavy atom. The molecule has 0 atom stereocenters. The molecule has 86 valence electrons. The van der Waals surface area contributed by atoms with Crippen molar-refractivity contribution in [3.8, 4) is 0 Å². The number of hydrogen-bond donors (Lipinski definition) is 1. The third-order valence-corrected chi connectivity index (χ3v) is 2.51. The van der Waals surface area contributed by atoms with E-state index in [1.165, 1.54) is 6.42 Å². The Bertz CT molecular complexity index is 283. The molecule has 0 aliphatic heterocycles. The molecule has 0 saturated carbocycles. The van der Waals surface area contributed by atoms with Crippen molar-refractivity contribution in [2.75, 3.05) is 13.2 Å². The molecule has 1 heterocycles. The fraction of sp³-hybridized carbons (Fsp3) is 0.727. The second-order valence-corrected chi connectivity index (χ2v) is 3.65. The molecule has 0 bridgehead atoms. The summed E-state index contributed by atoms with van der Waals surface area (Å²) >= 11 is 0. The summed E-state index contributed by atoms with van der Waals surface area (Å²) in [6.07, 6.45) is 4.14. The van der Waals surface area contributed by atoms with E-state index in [2.05, 4.69) is 12.0 Å². The van der Waals surface area contributed by atoms with Crippen molar-refractivity contribution in [1.29, 1.82) is 0 Å². The van der Waals surface area contributed by atoms with Crippen LogP contribution in [0.2, 0.25) is 0 Å². The van der Waals surface area contributed by atoms with Crippen molar-refractivity contribution < 1.29 is 4.74 Å². The highest BCUT2D eigenvalue weighted by Crippen LogP contribution is 2.05. The maximum absolute atomic E-state index is 5.57. The van der Waals surface area contributed by atoms with E-state index in [1.807, 2.05) is 17.8 Å². The van der Waals surface area contributed by atoms with Crippen LogP contribution >= 0.6 is 0 Å². The average molecular weight is 211 g/mol. The predicted octanol–water partition coefficient (Wildman–Crippen LogP) is 1.47. The highest BCUT2D eigenvalue weighted by molar-refractivity contribution is 5.15. The zero-order chi connectivity index (χ0) is 11.1. The average Bonchev–Trinajstić information content (AvgIpc) is 2.60. The molecule has 0 amide bonds. The molecule has 4 heteroatoms. The summed E-state index contributed by atoms with van der Waals surface area (Å²) < 4.78 is 7.44. The van der Waals surface area contributed by atoms with E-state index < -0.39 is 0 Å². The Morgan fingerprint density at radius 1 is 1.47 bits per heavy atom. The van der Waals surface area contributed by atoms with Crippen molar-refractivity contribution in [2.45, 2.75) is 39.8 Å². The van der Waals surface area contributed by atoms with Gasteiger partial charge < -0.3 is 10.5 Å². The van der Waals surface area contributed by atoms with Crippen LogP contribution in [0, 0.1) is 6.92 Å². The van der Waals surface area contributed by atoms with Gasteiger partial charge in [-0.15, -0.1) is 0 Å². The second kappa shape index (κ2) is 6.58. The molecule has 4 nitrogen and oxygen atoms in total. The lowest BCUT2D eigenvalue weighted by Crippen LogP contribution is -2.10. The van der Waals surface area contributed by atoms with Crippen LogP contribution in [0.15, 0.2) is 6.20 Å². The number of hydrogen-bond acceptors (Lipinski definition) is 3.